The zero-order valence-electron chi connectivity index (χ0n) is 11.4. The largest absolute Gasteiger partial charge is 0.468 e. The van der Waals surface area contributed by atoms with Gasteiger partial charge in [0.25, 0.3) is 0 Å². The van der Waals surface area contributed by atoms with Crippen molar-refractivity contribution in [2.24, 2.45) is 7.05 Å². The molecule has 0 saturated carbocycles. The Hall–Kier alpha value is -1.85. The van der Waals surface area contributed by atoms with Crippen LogP contribution in [-0.4, -0.2) is 14.5 Å². The molecule has 104 valence electrons. The van der Waals surface area contributed by atoms with Gasteiger partial charge in [0.1, 0.15) is 11.6 Å². The molecule has 0 aromatic carbocycles. The summed E-state index contributed by atoms with van der Waals surface area (Å²) in [5.41, 5.74) is 0. The van der Waals surface area contributed by atoms with Gasteiger partial charge in [-0.15, -0.1) is 11.3 Å². The molecule has 0 spiro atoms. The van der Waals surface area contributed by atoms with Crippen molar-refractivity contribution in [1.29, 1.82) is 0 Å². The first-order chi connectivity index (χ1) is 9.81. The van der Waals surface area contributed by atoms with Crippen molar-refractivity contribution in [3.05, 3.63) is 64.8 Å². The summed E-state index contributed by atoms with van der Waals surface area (Å²) in [6.07, 6.45) is 5.54. The molecule has 3 heterocycles. The van der Waals surface area contributed by atoms with Crippen molar-refractivity contribution < 1.29 is 4.42 Å². The van der Waals surface area contributed by atoms with Gasteiger partial charge in [0.05, 0.1) is 19.4 Å². The molecule has 4 nitrogen and oxygen atoms in total. The molecule has 3 aromatic heterocycles. The molecule has 0 fully saturated rings. The van der Waals surface area contributed by atoms with E-state index in [4.69, 9.17) is 4.42 Å². The lowest BCUT2D eigenvalue weighted by Crippen LogP contribution is -2.23. The zero-order chi connectivity index (χ0) is 13.8. The van der Waals surface area contributed by atoms with E-state index in [0.29, 0.717) is 0 Å². The third-order valence-corrected chi connectivity index (χ3v) is 4.07. The fourth-order valence-electron chi connectivity index (χ4n) is 2.16. The van der Waals surface area contributed by atoms with E-state index in [2.05, 4.69) is 32.0 Å². The second-order valence-corrected chi connectivity index (χ2v) is 5.79. The van der Waals surface area contributed by atoms with Gasteiger partial charge in [-0.05, 0) is 23.6 Å². The predicted octanol–water partition coefficient (Wildman–Crippen LogP) is 3.28. The number of furan rings is 1. The number of imidazole rings is 1. The van der Waals surface area contributed by atoms with Crippen LogP contribution in [0.25, 0.3) is 0 Å². The standard InChI is InChI=1S/C15H17N3OS/c1-17-7-6-16-15(17)12-18(10-13-4-2-8-19-13)11-14-5-3-9-20-14/h2-9H,10-12H2,1H3. The minimum Gasteiger partial charge on any atom is -0.468 e. The molecular weight excluding hydrogens is 270 g/mol. The van der Waals surface area contributed by atoms with E-state index in [-0.39, 0.29) is 0 Å². The minimum atomic E-state index is 0.789. The summed E-state index contributed by atoms with van der Waals surface area (Å²) >= 11 is 1.78. The maximum atomic E-state index is 5.47. The summed E-state index contributed by atoms with van der Waals surface area (Å²) in [6, 6.07) is 8.20. The predicted molar refractivity (Wildman–Crippen MR) is 79.2 cm³/mol. The first kappa shape index (κ1) is 13.1. The van der Waals surface area contributed by atoms with E-state index in [1.165, 1.54) is 4.88 Å². The third kappa shape index (κ3) is 3.18. The lowest BCUT2D eigenvalue weighted by atomic mass is 10.3. The van der Waals surface area contributed by atoms with E-state index >= 15 is 0 Å². The van der Waals surface area contributed by atoms with Gasteiger partial charge in [0.15, 0.2) is 0 Å². The molecule has 5 heteroatoms. The molecule has 20 heavy (non-hydrogen) atoms. The van der Waals surface area contributed by atoms with Crippen molar-refractivity contribution >= 4 is 11.3 Å². The second-order valence-electron chi connectivity index (χ2n) is 4.76. The monoisotopic (exact) mass is 287 g/mol. The maximum absolute atomic E-state index is 5.47. The van der Waals surface area contributed by atoms with Gasteiger partial charge in [-0.2, -0.15) is 0 Å². The minimum absolute atomic E-state index is 0.789. The van der Waals surface area contributed by atoms with Gasteiger partial charge in [-0.25, -0.2) is 4.98 Å². The highest BCUT2D eigenvalue weighted by molar-refractivity contribution is 7.09. The number of aryl methyl sites for hydroxylation is 1. The molecule has 0 aliphatic heterocycles. The van der Waals surface area contributed by atoms with Crippen molar-refractivity contribution in [1.82, 2.24) is 14.5 Å². The smallest absolute Gasteiger partial charge is 0.122 e. The van der Waals surface area contributed by atoms with Crippen LogP contribution >= 0.6 is 11.3 Å². The number of hydrogen-bond donors (Lipinski definition) is 0. The molecule has 0 unspecified atom stereocenters. The van der Waals surface area contributed by atoms with Crippen LogP contribution in [0.15, 0.2) is 52.7 Å². The van der Waals surface area contributed by atoms with Crippen LogP contribution in [0.5, 0.6) is 0 Å². The van der Waals surface area contributed by atoms with Crippen LogP contribution in [0.1, 0.15) is 16.5 Å². The second kappa shape index (κ2) is 6.07. The highest BCUT2D eigenvalue weighted by Gasteiger charge is 2.12. The zero-order valence-corrected chi connectivity index (χ0v) is 12.2. The topological polar surface area (TPSA) is 34.2 Å². The molecule has 0 amide bonds. The SMILES string of the molecule is Cn1ccnc1CN(Cc1ccco1)Cc1cccs1. The Balaban J connectivity index is 1.74. The fraction of sp³-hybridized carbons (Fsp3) is 0.267. The first-order valence-electron chi connectivity index (χ1n) is 6.54. The maximum Gasteiger partial charge on any atom is 0.122 e. The van der Waals surface area contributed by atoms with Gasteiger partial charge in [0, 0.05) is 30.9 Å². The van der Waals surface area contributed by atoms with E-state index in [1.807, 2.05) is 31.6 Å². The third-order valence-electron chi connectivity index (χ3n) is 3.21. The summed E-state index contributed by atoms with van der Waals surface area (Å²) in [6.45, 7) is 2.51. The summed E-state index contributed by atoms with van der Waals surface area (Å²) in [5.74, 6) is 2.05. The molecule has 0 aliphatic carbocycles. The van der Waals surface area contributed by atoms with Crippen LogP contribution in [0, 0.1) is 0 Å². The average Bonchev–Trinajstić information content (AvgIpc) is 3.15. The van der Waals surface area contributed by atoms with Gasteiger partial charge in [0.2, 0.25) is 0 Å². The Kier molecular flexibility index (Phi) is 3.99. The number of nitrogens with zero attached hydrogens (tertiary/aromatic N) is 3. The lowest BCUT2D eigenvalue weighted by Gasteiger charge is -2.20. The molecule has 3 aromatic rings. The van der Waals surface area contributed by atoms with Gasteiger partial charge in [-0.1, -0.05) is 6.07 Å². The molecule has 0 aliphatic rings. The van der Waals surface area contributed by atoms with Crippen molar-refractivity contribution in [2.45, 2.75) is 19.6 Å². The van der Waals surface area contributed by atoms with Crippen LogP contribution in [0.4, 0.5) is 0 Å². The van der Waals surface area contributed by atoms with Crippen molar-refractivity contribution in [3.63, 3.8) is 0 Å². The number of aromatic nitrogens is 2. The van der Waals surface area contributed by atoms with Crippen LogP contribution in [0.2, 0.25) is 0 Å². The summed E-state index contributed by atoms with van der Waals surface area (Å²) in [4.78, 5) is 8.10. The first-order valence-corrected chi connectivity index (χ1v) is 7.42. The summed E-state index contributed by atoms with van der Waals surface area (Å²) < 4.78 is 7.53. The Morgan fingerprint density at radius 3 is 2.85 bits per heavy atom. The molecular formula is C15H17N3OS. The Morgan fingerprint density at radius 2 is 2.20 bits per heavy atom. The van der Waals surface area contributed by atoms with Gasteiger partial charge in [-0.3, -0.25) is 4.90 Å². The Labute approximate surface area is 122 Å². The van der Waals surface area contributed by atoms with E-state index in [1.54, 1.807) is 17.6 Å². The van der Waals surface area contributed by atoms with Crippen molar-refractivity contribution in [2.75, 3.05) is 0 Å². The van der Waals surface area contributed by atoms with Crippen molar-refractivity contribution in [3.8, 4) is 0 Å². The number of thiophene rings is 1. The highest BCUT2D eigenvalue weighted by atomic mass is 32.1. The van der Waals surface area contributed by atoms with Gasteiger partial charge >= 0.3 is 0 Å². The molecule has 0 bridgehead atoms. The Morgan fingerprint density at radius 1 is 1.25 bits per heavy atom. The van der Waals surface area contributed by atoms with E-state index in [9.17, 15) is 0 Å². The quantitative estimate of drug-likeness (QED) is 0.698. The fourth-order valence-corrected chi connectivity index (χ4v) is 2.91. The lowest BCUT2D eigenvalue weighted by molar-refractivity contribution is 0.221. The average molecular weight is 287 g/mol. The number of rotatable bonds is 6. The van der Waals surface area contributed by atoms with Crippen LogP contribution < -0.4 is 0 Å². The summed E-state index contributed by atoms with van der Waals surface area (Å²) in [7, 11) is 2.03. The number of hydrogen-bond acceptors (Lipinski definition) is 4. The Bertz CT molecular complexity index is 592. The van der Waals surface area contributed by atoms with Crippen LogP contribution in [0.3, 0.4) is 0 Å². The van der Waals surface area contributed by atoms with Crippen LogP contribution in [-0.2, 0) is 26.7 Å². The molecule has 0 radical (unpaired) electrons. The van der Waals surface area contributed by atoms with Gasteiger partial charge < -0.3 is 8.98 Å². The van der Waals surface area contributed by atoms with E-state index < -0.39 is 0 Å². The normalized spacial score (nSPS) is 11.3. The van der Waals surface area contributed by atoms with E-state index in [0.717, 1.165) is 31.2 Å². The molecule has 0 saturated heterocycles. The molecule has 3 rings (SSSR count). The highest BCUT2D eigenvalue weighted by Crippen LogP contribution is 2.16. The molecule has 0 atom stereocenters. The molecule has 0 N–H and O–H groups in total. The summed E-state index contributed by atoms with van der Waals surface area (Å²) in [5, 5.41) is 2.11.